The predicted octanol–water partition coefficient (Wildman–Crippen LogP) is 6.42. The maximum absolute atomic E-state index is 12.5. The number of rotatable bonds is 9. The van der Waals surface area contributed by atoms with Gasteiger partial charge in [-0.25, -0.2) is 4.98 Å². The quantitative estimate of drug-likeness (QED) is 0.275. The van der Waals surface area contributed by atoms with Gasteiger partial charge in [-0.05, 0) is 23.8 Å². The van der Waals surface area contributed by atoms with Crippen molar-refractivity contribution in [1.29, 1.82) is 0 Å². The third kappa shape index (κ3) is 5.90. The molecule has 7 heteroatoms. The summed E-state index contributed by atoms with van der Waals surface area (Å²) in [6.07, 6.45) is 0.170. The molecule has 1 amide bonds. The van der Waals surface area contributed by atoms with E-state index in [9.17, 15) is 9.59 Å². The largest absolute Gasteiger partial charge is 0.496 e. The molecule has 3 aromatic carbocycles. The lowest BCUT2D eigenvalue weighted by Crippen LogP contribution is -2.23. The number of halogens is 1. The molecule has 0 radical (unpaired) electrons. The molecule has 1 aromatic heterocycles. The number of aromatic nitrogens is 1. The number of nitrogens with one attached hydrogen (secondary N) is 1. The zero-order chi connectivity index (χ0) is 23.9. The number of nitrogens with zero attached hydrogens (tertiary/aromatic N) is 1. The number of Topliss-reactive ketones (excluding diaryl/α,β-unsaturated/α-hetero) is 1. The van der Waals surface area contributed by atoms with Crippen molar-refractivity contribution in [2.45, 2.75) is 19.4 Å². The number of thiazole rings is 1. The lowest BCUT2D eigenvalue weighted by molar-refractivity contribution is -0.121. The van der Waals surface area contributed by atoms with Crippen LogP contribution in [0.15, 0.2) is 78.2 Å². The average Bonchev–Trinajstić information content (AvgIpc) is 3.37. The van der Waals surface area contributed by atoms with E-state index < -0.39 is 0 Å². The van der Waals surface area contributed by atoms with Gasteiger partial charge in [0.15, 0.2) is 5.78 Å². The normalized spacial score (nSPS) is 10.6. The smallest absolute Gasteiger partial charge is 0.220 e. The number of hydrogen-bond acceptors (Lipinski definition) is 5. The summed E-state index contributed by atoms with van der Waals surface area (Å²) >= 11 is 7.59. The van der Waals surface area contributed by atoms with Gasteiger partial charge in [-0.1, -0.05) is 66.2 Å². The Balaban J connectivity index is 1.29. The van der Waals surface area contributed by atoms with Gasteiger partial charge in [-0.2, -0.15) is 0 Å². The van der Waals surface area contributed by atoms with Gasteiger partial charge in [-0.15, -0.1) is 11.3 Å². The Morgan fingerprint density at radius 3 is 2.47 bits per heavy atom. The summed E-state index contributed by atoms with van der Waals surface area (Å²) < 4.78 is 5.22. The minimum absolute atomic E-state index is 0.0786. The molecule has 0 aliphatic rings. The summed E-state index contributed by atoms with van der Waals surface area (Å²) in [4.78, 5) is 29.5. The van der Waals surface area contributed by atoms with Gasteiger partial charge in [0.25, 0.3) is 0 Å². The minimum Gasteiger partial charge on any atom is -0.496 e. The van der Waals surface area contributed by atoms with Crippen LogP contribution in [0.5, 0.6) is 5.75 Å². The van der Waals surface area contributed by atoms with Gasteiger partial charge in [0.05, 0.1) is 18.4 Å². The first-order valence-electron chi connectivity index (χ1n) is 10.8. The molecule has 1 heterocycles. The third-order valence-electron chi connectivity index (χ3n) is 5.31. The average molecular weight is 491 g/mol. The highest BCUT2D eigenvalue weighted by Gasteiger charge is 2.15. The van der Waals surface area contributed by atoms with Crippen molar-refractivity contribution < 1.29 is 14.3 Å². The molecule has 0 saturated carbocycles. The standard InChI is InChI=1S/C27H23ClN2O3S/c1-33-25-13-11-21(28)15-22(25)24(31)12-14-26(32)29-16-18-7-9-20(10-8-18)27-30-23(17-34-27)19-5-3-2-4-6-19/h2-11,13,15,17H,12,14,16H2,1H3,(H,29,32). The summed E-state index contributed by atoms with van der Waals surface area (Å²) in [5.74, 6) is 0.0778. The van der Waals surface area contributed by atoms with E-state index in [4.69, 9.17) is 21.3 Å². The summed E-state index contributed by atoms with van der Waals surface area (Å²) in [7, 11) is 1.49. The van der Waals surface area contributed by atoms with E-state index in [1.54, 1.807) is 29.5 Å². The molecule has 0 unspecified atom stereocenters. The third-order valence-corrected chi connectivity index (χ3v) is 6.43. The molecule has 0 bridgehead atoms. The first-order chi connectivity index (χ1) is 16.5. The Labute approximate surface area is 207 Å². The highest BCUT2D eigenvalue weighted by Crippen LogP contribution is 2.29. The van der Waals surface area contributed by atoms with E-state index in [1.165, 1.54) is 7.11 Å². The van der Waals surface area contributed by atoms with Crippen molar-refractivity contribution in [1.82, 2.24) is 10.3 Å². The molecule has 0 aliphatic heterocycles. The predicted molar refractivity (Wildman–Crippen MR) is 136 cm³/mol. The number of methoxy groups -OCH3 is 1. The lowest BCUT2D eigenvalue weighted by Gasteiger charge is -2.09. The molecule has 172 valence electrons. The van der Waals surface area contributed by atoms with Crippen LogP contribution in [-0.2, 0) is 11.3 Å². The number of ketones is 1. The lowest BCUT2D eigenvalue weighted by atomic mass is 10.1. The van der Waals surface area contributed by atoms with E-state index in [1.807, 2.05) is 54.6 Å². The molecule has 4 rings (SSSR count). The molecule has 1 N–H and O–H groups in total. The molecule has 0 aliphatic carbocycles. The fourth-order valence-corrected chi connectivity index (χ4v) is 4.47. The molecule has 5 nitrogen and oxygen atoms in total. The highest BCUT2D eigenvalue weighted by atomic mass is 35.5. The van der Waals surface area contributed by atoms with Crippen molar-refractivity contribution in [2.24, 2.45) is 0 Å². The fourth-order valence-electron chi connectivity index (χ4n) is 3.46. The summed E-state index contributed by atoms with van der Waals surface area (Å²) in [6, 6.07) is 22.9. The van der Waals surface area contributed by atoms with E-state index in [2.05, 4.69) is 10.7 Å². The van der Waals surface area contributed by atoms with E-state index in [0.717, 1.165) is 27.4 Å². The van der Waals surface area contributed by atoms with Gasteiger partial charge in [0, 0.05) is 40.9 Å². The molecule has 0 atom stereocenters. The zero-order valence-corrected chi connectivity index (χ0v) is 20.2. The van der Waals surface area contributed by atoms with Crippen LogP contribution in [-0.4, -0.2) is 23.8 Å². The second kappa shape index (κ2) is 11.1. The fraction of sp³-hybridized carbons (Fsp3) is 0.148. The molecular weight excluding hydrogens is 468 g/mol. The Morgan fingerprint density at radius 2 is 1.74 bits per heavy atom. The highest BCUT2D eigenvalue weighted by molar-refractivity contribution is 7.13. The monoisotopic (exact) mass is 490 g/mol. The first-order valence-corrected chi connectivity index (χ1v) is 12.0. The molecule has 0 saturated heterocycles. The number of ether oxygens (including phenoxy) is 1. The number of amides is 1. The van der Waals surface area contributed by atoms with Gasteiger partial charge in [0.2, 0.25) is 5.91 Å². The second-order valence-corrected chi connectivity index (χ2v) is 8.94. The van der Waals surface area contributed by atoms with Crippen LogP contribution in [0.25, 0.3) is 21.8 Å². The van der Waals surface area contributed by atoms with Crippen LogP contribution in [0.1, 0.15) is 28.8 Å². The van der Waals surface area contributed by atoms with Crippen molar-refractivity contribution in [2.75, 3.05) is 7.11 Å². The second-order valence-electron chi connectivity index (χ2n) is 7.65. The number of carbonyl (C=O) groups is 2. The molecular formula is C27H23ClN2O3S. The molecule has 0 fully saturated rings. The van der Waals surface area contributed by atoms with Crippen LogP contribution < -0.4 is 10.1 Å². The van der Waals surface area contributed by atoms with Crippen LogP contribution in [0.4, 0.5) is 0 Å². The Kier molecular flexibility index (Phi) is 7.72. The summed E-state index contributed by atoms with van der Waals surface area (Å²) in [5, 5.41) is 6.32. The SMILES string of the molecule is COc1ccc(Cl)cc1C(=O)CCC(=O)NCc1ccc(-c2nc(-c3ccccc3)cs2)cc1. The van der Waals surface area contributed by atoms with E-state index >= 15 is 0 Å². The maximum atomic E-state index is 12.5. The van der Waals surface area contributed by atoms with E-state index in [-0.39, 0.29) is 24.5 Å². The molecule has 4 aromatic rings. The Hall–Kier alpha value is -3.48. The summed E-state index contributed by atoms with van der Waals surface area (Å²) in [5.41, 5.74) is 4.44. The minimum atomic E-state index is -0.189. The number of hydrogen-bond donors (Lipinski definition) is 1. The van der Waals surface area contributed by atoms with Crippen LogP contribution in [0.3, 0.4) is 0 Å². The van der Waals surface area contributed by atoms with Crippen molar-refractivity contribution >= 4 is 34.6 Å². The van der Waals surface area contributed by atoms with Crippen LogP contribution in [0.2, 0.25) is 5.02 Å². The topological polar surface area (TPSA) is 68.3 Å². The number of carbonyl (C=O) groups excluding carboxylic acids is 2. The van der Waals surface area contributed by atoms with Gasteiger partial charge >= 0.3 is 0 Å². The van der Waals surface area contributed by atoms with Gasteiger partial charge < -0.3 is 10.1 Å². The van der Waals surface area contributed by atoms with Crippen LogP contribution >= 0.6 is 22.9 Å². The first kappa shape index (κ1) is 23.7. The Bertz CT molecular complexity index is 1290. The zero-order valence-electron chi connectivity index (χ0n) is 18.6. The van der Waals surface area contributed by atoms with Crippen molar-refractivity contribution in [3.05, 3.63) is 94.3 Å². The Morgan fingerprint density at radius 1 is 0.971 bits per heavy atom. The van der Waals surface area contributed by atoms with Gasteiger partial charge in [0.1, 0.15) is 10.8 Å². The molecule has 0 spiro atoms. The van der Waals surface area contributed by atoms with Crippen LogP contribution in [0, 0.1) is 0 Å². The van der Waals surface area contributed by atoms with Crippen molar-refractivity contribution in [3.8, 4) is 27.6 Å². The molecule has 34 heavy (non-hydrogen) atoms. The number of benzene rings is 3. The summed E-state index contributed by atoms with van der Waals surface area (Å²) in [6.45, 7) is 0.390. The van der Waals surface area contributed by atoms with Gasteiger partial charge in [-0.3, -0.25) is 9.59 Å². The van der Waals surface area contributed by atoms with Crippen molar-refractivity contribution in [3.63, 3.8) is 0 Å². The maximum Gasteiger partial charge on any atom is 0.220 e. The van der Waals surface area contributed by atoms with E-state index in [0.29, 0.717) is 22.9 Å².